The van der Waals surface area contributed by atoms with Gasteiger partial charge in [-0.25, -0.2) is 14.8 Å². The van der Waals surface area contributed by atoms with E-state index in [1.807, 2.05) is 39.0 Å². The number of ether oxygens (including phenoxy) is 1. The Hall–Kier alpha value is -2.78. The average Bonchev–Trinajstić information content (AvgIpc) is 3.03. The van der Waals surface area contributed by atoms with Gasteiger partial charge in [0.2, 0.25) is 0 Å². The highest BCUT2D eigenvalue weighted by atomic mass is 32.2. The molecule has 2 aromatic heterocycles. The van der Waals surface area contributed by atoms with Gasteiger partial charge in [0.15, 0.2) is 11.8 Å². The van der Waals surface area contributed by atoms with Crippen molar-refractivity contribution >= 4 is 27.3 Å². The Morgan fingerprint density at radius 3 is 2.40 bits per heavy atom. The number of fused-ring (bicyclic) bond motifs is 1. The topological polar surface area (TPSA) is 100 Å². The molecular formula is C21H25N3O5S. The maximum absolute atomic E-state index is 12.0. The average molecular weight is 432 g/mol. The Labute approximate surface area is 176 Å². The number of rotatable bonds is 7. The lowest BCUT2D eigenvalue weighted by Gasteiger charge is -2.15. The van der Waals surface area contributed by atoms with E-state index in [1.165, 1.54) is 7.11 Å². The summed E-state index contributed by atoms with van der Waals surface area (Å²) in [5.41, 5.74) is 5.09. The third-order valence-electron chi connectivity index (χ3n) is 4.73. The standard InChI is InChI=1S/C21H25N3O5S/c1-6-17-23-18-13(2)11-14(3)22-20(18)24(17)12-15-7-9-16(10-8-15)19(21(25)28-4)29-30(5,26)27/h7-11,19H,6,12H2,1-5H3. The van der Waals surface area contributed by atoms with E-state index in [0.717, 1.165) is 46.5 Å². The Morgan fingerprint density at radius 2 is 1.83 bits per heavy atom. The Balaban J connectivity index is 1.95. The van der Waals surface area contributed by atoms with Crippen LogP contribution in [0.25, 0.3) is 11.2 Å². The molecule has 1 unspecified atom stereocenters. The molecule has 0 spiro atoms. The third-order valence-corrected chi connectivity index (χ3v) is 5.27. The first-order chi connectivity index (χ1) is 14.1. The van der Waals surface area contributed by atoms with Crippen molar-refractivity contribution in [3.63, 3.8) is 0 Å². The summed E-state index contributed by atoms with van der Waals surface area (Å²) in [6.07, 6.45) is 0.316. The van der Waals surface area contributed by atoms with Crippen LogP contribution in [0.3, 0.4) is 0 Å². The van der Waals surface area contributed by atoms with Crippen molar-refractivity contribution in [2.45, 2.75) is 39.8 Å². The van der Waals surface area contributed by atoms with Gasteiger partial charge in [-0.1, -0.05) is 31.2 Å². The van der Waals surface area contributed by atoms with Gasteiger partial charge in [-0.2, -0.15) is 8.42 Å². The number of pyridine rings is 1. The van der Waals surface area contributed by atoms with Crippen LogP contribution in [0.5, 0.6) is 0 Å². The number of aryl methyl sites for hydroxylation is 3. The highest BCUT2D eigenvalue weighted by Crippen LogP contribution is 2.24. The van der Waals surface area contributed by atoms with Crippen molar-refractivity contribution < 1.29 is 22.1 Å². The first kappa shape index (κ1) is 21.9. The van der Waals surface area contributed by atoms with E-state index in [4.69, 9.17) is 9.17 Å². The number of benzene rings is 1. The molecule has 3 aromatic rings. The Kier molecular flexibility index (Phi) is 6.23. The van der Waals surface area contributed by atoms with Crippen LogP contribution in [-0.4, -0.2) is 42.3 Å². The molecule has 0 saturated carbocycles. The van der Waals surface area contributed by atoms with Crippen LogP contribution in [0.4, 0.5) is 0 Å². The molecule has 0 aliphatic heterocycles. The quantitative estimate of drug-likeness (QED) is 0.419. The van der Waals surface area contributed by atoms with Crippen molar-refractivity contribution in [3.05, 3.63) is 58.5 Å². The molecule has 160 valence electrons. The molecule has 1 atom stereocenters. The number of hydrogen-bond acceptors (Lipinski definition) is 7. The fraction of sp³-hybridized carbons (Fsp3) is 0.381. The van der Waals surface area contributed by atoms with E-state index < -0.39 is 22.2 Å². The van der Waals surface area contributed by atoms with Gasteiger partial charge in [0, 0.05) is 12.1 Å². The van der Waals surface area contributed by atoms with E-state index in [2.05, 4.69) is 14.3 Å². The molecule has 9 heteroatoms. The van der Waals surface area contributed by atoms with Crippen LogP contribution >= 0.6 is 0 Å². The minimum absolute atomic E-state index is 0.395. The highest BCUT2D eigenvalue weighted by Gasteiger charge is 2.26. The molecule has 0 bridgehead atoms. The van der Waals surface area contributed by atoms with E-state index >= 15 is 0 Å². The Bertz CT molecular complexity index is 1180. The lowest BCUT2D eigenvalue weighted by Crippen LogP contribution is -2.20. The molecule has 0 amide bonds. The van der Waals surface area contributed by atoms with Crippen molar-refractivity contribution in [1.82, 2.24) is 14.5 Å². The van der Waals surface area contributed by atoms with Crippen molar-refractivity contribution in [2.75, 3.05) is 13.4 Å². The van der Waals surface area contributed by atoms with Gasteiger partial charge < -0.3 is 9.30 Å². The summed E-state index contributed by atoms with van der Waals surface area (Å²) in [5.74, 6) is 0.153. The van der Waals surface area contributed by atoms with E-state index in [1.54, 1.807) is 12.1 Å². The molecule has 30 heavy (non-hydrogen) atoms. The molecular weight excluding hydrogens is 406 g/mol. The van der Waals surface area contributed by atoms with Gasteiger partial charge >= 0.3 is 5.97 Å². The number of carbonyl (C=O) groups is 1. The maximum Gasteiger partial charge on any atom is 0.341 e. The number of hydrogen-bond donors (Lipinski definition) is 0. The summed E-state index contributed by atoms with van der Waals surface area (Å²) in [6, 6.07) is 8.99. The predicted octanol–water partition coefficient (Wildman–Crippen LogP) is 2.85. The highest BCUT2D eigenvalue weighted by molar-refractivity contribution is 7.86. The smallest absolute Gasteiger partial charge is 0.341 e. The first-order valence-corrected chi connectivity index (χ1v) is 11.3. The number of carbonyl (C=O) groups excluding carboxylic acids is 1. The summed E-state index contributed by atoms with van der Waals surface area (Å²) in [4.78, 5) is 21.4. The summed E-state index contributed by atoms with van der Waals surface area (Å²) in [7, 11) is -2.66. The van der Waals surface area contributed by atoms with Crippen LogP contribution in [0.1, 0.15) is 41.2 Å². The second-order valence-electron chi connectivity index (χ2n) is 7.17. The fourth-order valence-electron chi connectivity index (χ4n) is 3.38. The largest absolute Gasteiger partial charge is 0.467 e. The van der Waals surface area contributed by atoms with Gasteiger partial charge in [0.1, 0.15) is 11.3 Å². The minimum atomic E-state index is -3.84. The maximum atomic E-state index is 12.0. The van der Waals surface area contributed by atoms with Crippen molar-refractivity contribution in [3.8, 4) is 0 Å². The molecule has 2 heterocycles. The first-order valence-electron chi connectivity index (χ1n) is 9.51. The lowest BCUT2D eigenvalue weighted by molar-refractivity contribution is -0.149. The second kappa shape index (κ2) is 8.53. The molecule has 8 nitrogen and oxygen atoms in total. The molecule has 3 rings (SSSR count). The fourth-order valence-corrected chi connectivity index (χ4v) is 3.92. The molecule has 0 saturated heterocycles. The number of aromatic nitrogens is 3. The monoisotopic (exact) mass is 431 g/mol. The van der Waals surface area contributed by atoms with Gasteiger partial charge in [0.05, 0.1) is 19.9 Å². The number of imidazole rings is 1. The third kappa shape index (κ3) is 4.68. The van der Waals surface area contributed by atoms with E-state index in [9.17, 15) is 13.2 Å². The van der Waals surface area contributed by atoms with Gasteiger partial charge in [-0.3, -0.25) is 4.18 Å². The molecule has 0 aliphatic carbocycles. The summed E-state index contributed by atoms with van der Waals surface area (Å²) >= 11 is 0. The van der Waals surface area contributed by atoms with Crippen LogP contribution in [0.2, 0.25) is 0 Å². The van der Waals surface area contributed by atoms with Gasteiger partial charge in [-0.15, -0.1) is 0 Å². The van der Waals surface area contributed by atoms with Crippen molar-refractivity contribution in [1.29, 1.82) is 0 Å². The lowest BCUT2D eigenvalue weighted by atomic mass is 10.1. The number of nitrogens with zero attached hydrogens (tertiary/aromatic N) is 3. The molecule has 0 fully saturated rings. The normalized spacial score (nSPS) is 12.8. The van der Waals surface area contributed by atoms with Crippen LogP contribution in [0.15, 0.2) is 30.3 Å². The molecule has 0 aliphatic rings. The summed E-state index contributed by atoms with van der Waals surface area (Å²) < 4.78 is 34.7. The summed E-state index contributed by atoms with van der Waals surface area (Å²) in [5, 5.41) is 0. The Morgan fingerprint density at radius 1 is 1.17 bits per heavy atom. The number of esters is 1. The van der Waals surface area contributed by atoms with Crippen molar-refractivity contribution in [2.24, 2.45) is 0 Å². The van der Waals surface area contributed by atoms with Crippen LogP contribution in [-0.2, 0) is 36.8 Å². The van der Waals surface area contributed by atoms with Gasteiger partial charge in [-0.05, 0) is 36.6 Å². The van der Waals surface area contributed by atoms with Crippen LogP contribution in [0, 0.1) is 13.8 Å². The van der Waals surface area contributed by atoms with Gasteiger partial charge in [0.25, 0.3) is 10.1 Å². The predicted molar refractivity (Wildman–Crippen MR) is 113 cm³/mol. The second-order valence-corrected chi connectivity index (χ2v) is 8.77. The summed E-state index contributed by atoms with van der Waals surface area (Å²) in [6.45, 7) is 6.58. The van der Waals surface area contributed by atoms with E-state index in [-0.39, 0.29) is 0 Å². The zero-order valence-corrected chi connectivity index (χ0v) is 18.5. The molecule has 0 N–H and O–H groups in total. The SMILES string of the molecule is CCc1nc2c(C)cc(C)nc2n1Cc1ccc(C(OS(C)(=O)=O)C(=O)OC)cc1. The zero-order valence-electron chi connectivity index (χ0n) is 17.7. The number of methoxy groups -OCH3 is 1. The zero-order chi connectivity index (χ0) is 22.1. The van der Waals surface area contributed by atoms with E-state index in [0.29, 0.717) is 12.1 Å². The molecule has 0 radical (unpaired) electrons. The van der Waals surface area contributed by atoms with Crippen LogP contribution < -0.4 is 0 Å². The molecule has 1 aromatic carbocycles. The minimum Gasteiger partial charge on any atom is -0.467 e.